The van der Waals surface area contributed by atoms with Gasteiger partial charge in [-0.2, -0.15) is 0 Å². The molecule has 1 aliphatic heterocycles. The molecule has 3 atom stereocenters. The highest BCUT2D eigenvalue weighted by Gasteiger charge is 2.66. The van der Waals surface area contributed by atoms with Crippen molar-refractivity contribution in [3.63, 3.8) is 0 Å². The van der Waals surface area contributed by atoms with E-state index in [0.717, 1.165) is 25.7 Å². The molecule has 0 radical (unpaired) electrons. The van der Waals surface area contributed by atoms with Crippen LogP contribution in [0.2, 0.25) is 0 Å². The summed E-state index contributed by atoms with van der Waals surface area (Å²) in [5.74, 6) is 0.186. The molecule has 0 aromatic heterocycles. The quantitative estimate of drug-likeness (QED) is 0.489. The molecule has 1 heterocycles. The van der Waals surface area contributed by atoms with Crippen LogP contribution >= 0.6 is 0 Å². The Morgan fingerprint density at radius 3 is 2.38 bits per heavy atom. The van der Waals surface area contributed by atoms with Crippen LogP contribution < -0.4 is 0 Å². The third-order valence-corrected chi connectivity index (χ3v) is 5.12. The van der Waals surface area contributed by atoms with Crippen molar-refractivity contribution in [1.29, 1.82) is 0 Å². The van der Waals surface area contributed by atoms with Gasteiger partial charge in [0.2, 0.25) is 0 Å². The summed E-state index contributed by atoms with van der Waals surface area (Å²) in [4.78, 5) is 12.3. The fourth-order valence-electron chi connectivity index (χ4n) is 3.31. The van der Waals surface area contributed by atoms with Crippen molar-refractivity contribution in [3.05, 3.63) is 46.8 Å². The third-order valence-electron chi connectivity index (χ3n) is 5.12. The second-order valence-corrected chi connectivity index (χ2v) is 7.65. The highest BCUT2D eigenvalue weighted by atomic mass is 16.6. The number of carbonyl (C=O) groups is 1. The fourth-order valence-corrected chi connectivity index (χ4v) is 3.31. The smallest absolute Gasteiger partial charge is 0.194 e. The zero-order valence-corrected chi connectivity index (χ0v) is 16.7. The lowest BCUT2D eigenvalue weighted by atomic mass is 9.86. The van der Waals surface area contributed by atoms with Gasteiger partial charge in [0, 0.05) is 12.5 Å². The van der Waals surface area contributed by atoms with Crippen LogP contribution in [0.4, 0.5) is 0 Å². The number of rotatable bonds is 9. The zero-order valence-electron chi connectivity index (χ0n) is 16.7. The summed E-state index contributed by atoms with van der Waals surface area (Å²) in [7, 11) is 1.46. The number of carbonyl (C=O) groups excluding carboxylic acids is 1. The summed E-state index contributed by atoms with van der Waals surface area (Å²) in [6.07, 6.45) is 11.4. The lowest BCUT2D eigenvalue weighted by Crippen LogP contribution is -2.37. The van der Waals surface area contributed by atoms with Crippen molar-refractivity contribution in [2.45, 2.75) is 77.6 Å². The number of aliphatic hydroxyl groups excluding tert-OH is 1. The Morgan fingerprint density at radius 1 is 1.15 bits per heavy atom. The second kappa shape index (κ2) is 8.83. The largest absolute Gasteiger partial charge is 0.498 e. The van der Waals surface area contributed by atoms with Crippen molar-refractivity contribution in [2.24, 2.45) is 0 Å². The molecule has 26 heavy (non-hydrogen) atoms. The van der Waals surface area contributed by atoms with Crippen LogP contribution in [0.5, 0.6) is 0 Å². The van der Waals surface area contributed by atoms with Crippen LogP contribution in [0.1, 0.15) is 59.8 Å². The molecule has 144 valence electrons. The lowest BCUT2D eigenvalue weighted by molar-refractivity contribution is -0.120. The molecule has 0 aromatic rings. The number of hydrogen-bond donors (Lipinski definition) is 1. The molecule has 1 fully saturated rings. The predicted molar refractivity (Wildman–Crippen MR) is 104 cm³/mol. The number of aliphatic hydroxyl groups is 1. The standard InChI is InChI=1S/C22H32O4/c1-15(2)8-6-9-16(3)10-7-11-17(4)12-13-22-19(23)14-18(25-5)20(24)21(22)26-22/h8,10,12,14,20-21,24H,6-7,9,11,13H2,1-5H3/t20-,21-,22+/m1/s1. The van der Waals surface area contributed by atoms with Gasteiger partial charge in [0.1, 0.15) is 18.0 Å². The molecule has 1 saturated heterocycles. The van der Waals surface area contributed by atoms with Crippen LogP contribution in [-0.4, -0.2) is 35.8 Å². The minimum absolute atomic E-state index is 0.108. The molecule has 4 heteroatoms. The Labute approximate surface area is 157 Å². The van der Waals surface area contributed by atoms with Crippen molar-refractivity contribution in [2.75, 3.05) is 7.11 Å². The summed E-state index contributed by atoms with van der Waals surface area (Å²) < 4.78 is 10.6. The van der Waals surface area contributed by atoms with Gasteiger partial charge in [-0.3, -0.25) is 4.79 Å². The first-order valence-electron chi connectivity index (χ1n) is 9.40. The van der Waals surface area contributed by atoms with Crippen molar-refractivity contribution >= 4 is 5.78 Å². The number of epoxide rings is 1. The first-order valence-corrected chi connectivity index (χ1v) is 9.40. The average molecular weight is 360 g/mol. The highest BCUT2D eigenvalue weighted by molar-refractivity contribution is 6.01. The third kappa shape index (κ3) is 4.95. The minimum atomic E-state index is -0.876. The van der Waals surface area contributed by atoms with Crippen LogP contribution in [0.15, 0.2) is 46.8 Å². The van der Waals surface area contributed by atoms with Gasteiger partial charge in [-0.25, -0.2) is 0 Å². The topological polar surface area (TPSA) is 59.1 Å². The number of ether oxygens (including phenoxy) is 2. The molecule has 0 saturated carbocycles. The first kappa shape index (κ1) is 20.7. The molecule has 0 spiro atoms. The van der Waals surface area contributed by atoms with Gasteiger partial charge >= 0.3 is 0 Å². The minimum Gasteiger partial charge on any atom is -0.498 e. The Balaban J connectivity index is 1.82. The van der Waals surface area contributed by atoms with Crippen LogP contribution in [0, 0.1) is 0 Å². The molecule has 0 bridgehead atoms. The normalized spacial score (nSPS) is 28.4. The summed E-state index contributed by atoms with van der Waals surface area (Å²) in [5.41, 5.74) is 3.15. The van der Waals surface area contributed by atoms with E-state index in [1.165, 1.54) is 29.9 Å². The van der Waals surface area contributed by atoms with Gasteiger partial charge in [0.15, 0.2) is 11.4 Å². The van der Waals surface area contributed by atoms with Gasteiger partial charge in [0.25, 0.3) is 0 Å². The summed E-state index contributed by atoms with van der Waals surface area (Å²) in [6, 6.07) is 0. The molecule has 4 nitrogen and oxygen atoms in total. The second-order valence-electron chi connectivity index (χ2n) is 7.65. The molecule has 2 aliphatic rings. The zero-order chi connectivity index (χ0) is 19.3. The number of allylic oxidation sites excluding steroid dienone is 5. The van der Waals surface area contributed by atoms with E-state index in [-0.39, 0.29) is 5.78 Å². The maximum Gasteiger partial charge on any atom is 0.194 e. The van der Waals surface area contributed by atoms with Crippen LogP contribution in [0.25, 0.3) is 0 Å². The summed E-state index contributed by atoms with van der Waals surface area (Å²) in [5, 5.41) is 10.1. The van der Waals surface area contributed by atoms with E-state index < -0.39 is 17.8 Å². The van der Waals surface area contributed by atoms with Gasteiger partial charge in [-0.05, 0) is 53.4 Å². The number of hydrogen-bond acceptors (Lipinski definition) is 4. The summed E-state index contributed by atoms with van der Waals surface area (Å²) in [6.45, 7) is 8.52. The molecular weight excluding hydrogens is 328 g/mol. The molecule has 0 unspecified atom stereocenters. The highest BCUT2D eigenvalue weighted by Crippen LogP contribution is 2.48. The van der Waals surface area contributed by atoms with Crippen molar-refractivity contribution < 1.29 is 19.4 Å². The molecule has 0 amide bonds. The Kier molecular flexibility index (Phi) is 7.01. The average Bonchev–Trinajstić information content (AvgIpc) is 3.33. The van der Waals surface area contributed by atoms with E-state index >= 15 is 0 Å². The van der Waals surface area contributed by atoms with Gasteiger partial charge in [0.05, 0.1) is 7.11 Å². The van der Waals surface area contributed by atoms with E-state index in [2.05, 4.69) is 45.9 Å². The molecule has 1 aliphatic carbocycles. The van der Waals surface area contributed by atoms with Crippen molar-refractivity contribution in [1.82, 2.24) is 0 Å². The van der Waals surface area contributed by atoms with Gasteiger partial charge in [-0.1, -0.05) is 34.9 Å². The number of methoxy groups -OCH3 is 1. The summed E-state index contributed by atoms with van der Waals surface area (Å²) >= 11 is 0. The Morgan fingerprint density at radius 2 is 1.77 bits per heavy atom. The fraction of sp³-hybridized carbons (Fsp3) is 0.591. The Hall–Kier alpha value is -1.65. The van der Waals surface area contributed by atoms with Gasteiger partial charge < -0.3 is 14.6 Å². The molecule has 0 aromatic carbocycles. The predicted octanol–water partition coefficient (Wildman–Crippen LogP) is 4.41. The number of fused-ring (bicyclic) bond motifs is 1. The first-order chi connectivity index (χ1) is 12.3. The lowest BCUT2D eigenvalue weighted by Gasteiger charge is -2.19. The van der Waals surface area contributed by atoms with Crippen LogP contribution in [0.3, 0.4) is 0 Å². The van der Waals surface area contributed by atoms with Crippen molar-refractivity contribution in [3.8, 4) is 0 Å². The van der Waals surface area contributed by atoms with Gasteiger partial charge in [-0.15, -0.1) is 0 Å². The molecule has 1 N–H and O–H groups in total. The van der Waals surface area contributed by atoms with E-state index in [4.69, 9.17) is 9.47 Å². The van der Waals surface area contributed by atoms with E-state index in [0.29, 0.717) is 12.2 Å². The molecule has 2 rings (SSSR count). The monoisotopic (exact) mass is 360 g/mol. The molecular formula is C22H32O4. The maximum atomic E-state index is 12.3. The SMILES string of the molecule is COC1=CC(=O)[C@]2(CC=C(C)CCC=C(C)CCC=C(C)C)O[C@@H]2[C@@H]1O. The van der Waals surface area contributed by atoms with Crippen LogP contribution in [-0.2, 0) is 14.3 Å². The van der Waals surface area contributed by atoms with E-state index in [1.807, 2.05) is 0 Å². The van der Waals surface area contributed by atoms with E-state index in [1.54, 1.807) is 0 Å². The van der Waals surface area contributed by atoms with E-state index in [9.17, 15) is 9.90 Å². The maximum absolute atomic E-state index is 12.3. The Bertz CT molecular complexity index is 649. The number of ketones is 1.